The molecule has 0 aliphatic rings. The first kappa shape index (κ1) is 32.4. The molecule has 0 amide bonds. The highest BCUT2D eigenvalue weighted by Crippen LogP contribution is 2.35. The van der Waals surface area contributed by atoms with Crippen molar-refractivity contribution in [2.45, 2.75) is 0 Å². The van der Waals surface area contributed by atoms with Crippen LogP contribution in [0.4, 0.5) is 34.1 Å². The lowest BCUT2D eigenvalue weighted by Gasteiger charge is -2.27. The Morgan fingerprint density at radius 1 is 0.346 bits per heavy atom. The van der Waals surface area contributed by atoms with Gasteiger partial charge in [0, 0.05) is 45.9 Å². The normalized spacial score (nSPS) is 10.7. The quantitative estimate of drug-likeness (QED) is 0.128. The summed E-state index contributed by atoms with van der Waals surface area (Å²) in [4.78, 5) is 9.19. The maximum atomic E-state index is 7.04. The molecule has 52 heavy (non-hydrogen) atoms. The van der Waals surface area contributed by atoms with E-state index in [0.717, 1.165) is 62.1 Å². The van der Waals surface area contributed by atoms with E-state index in [1.807, 2.05) is 66.9 Å². The molecule has 0 saturated heterocycles. The van der Waals surface area contributed by atoms with Crippen LogP contribution in [0, 0.1) is 0 Å². The summed E-state index contributed by atoms with van der Waals surface area (Å²) < 4.78 is 7.04. The zero-order valence-corrected chi connectivity index (χ0v) is 28.6. The first-order valence-corrected chi connectivity index (χ1v) is 17.5. The van der Waals surface area contributed by atoms with E-state index in [-0.39, 0.29) is 0 Å². The minimum absolute atomic E-state index is 0.392. The SMILES string of the molecule is c1ccc(N(c2ccccc2)c2ccc(B(Oc3ccccc3-c3ccccn3)c3ccc(N(c4ccccc4)c4ccccc4)cc3)cc2)cc1. The summed E-state index contributed by atoms with van der Waals surface area (Å²) in [6, 6.07) is 73.4. The minimum atomic E-state index is -0.392. The molecule has 0 fully saturated rings. The van der Waals surface area contributed by atoms with Crippen molar-refractivity contribution in [2.24, 2.45) is 0 Å². The van der Waals surface area contributed by atoms with Gasteiger partial charge >= 0.3 is 6.92 Å². The van der Waals surface area contributed by atoms with Crippen LogP contribution < -0.4 is 25.4 Å². The van der Waals surface area contributed by atoms with Crippen LogP contribution in [0.5, 0.6) is 5.75 Å². The van der Waals surface area contributed by atoms with Gasteiger partial charge in [-0.25, -0.2) is 0 Å². The van der Waals surface area contributed by atoms with Crippen LogP contribution in [0.2, 0.25) is 0 Å². The van der Waals surface area contributed by atoms with Crippen LogP contribution in [0.1, 0.15) is 0 Å². The van der Waals surface area contributed by atoms with E-state index in [1.54, 1.807) is 0 Å². The molecular weight excluding hydrogens is 633 g/mol. The van der Waals surface area contributed by atoms with Crippen LogP contribution in [-0.2, 0) is 0 Å². The minimum Gasteiger partial charge on any atom is -0.551 e. The van der Waals surface area contributed by atoms with Crippen molar-refractivity contribution in [1.82, 2.24) is 4.98 Å². The molecule has 248 valence electrons. The number of anilines is 6. The Morgan fingerprint density at radius 2 is 0.712 bits per heavy atom. The standard InChI is InChI=1S/C47H36BN3O/c1-5-17-39(18-6-1)50(40-19-7-2-8-20-40)43-32-28-37(29-33-43)48(52-47-27-14-13-25-45(47)46-26-15-16-36-49-46)38-30-34-44(35-31-38)51(41-21-9-3-10-22-41)42-23-11-4-12-24-42/h1-36H. The lowest BCUT2D eigenvalue weighted by atomic mass is 9.55. The van der Waals surface area contributed by atoms with Crippen LogP contribution in [0.25, 0.3) is 11.3 Å². The second kappa shape index (κ2) is 15.4. The number of para-hydroxylation sites is 5. The van der Waals surface area contributed by atoms with Gasteiger partial charge in [-0.2, -0.15) is 0 Å². The molecule has 0 atom stereocenters. The number of rotatable bonds is 11. The average Bonchev–Trinajstić information content (AvgIpc) is 3.23. The highest BCUT2D eigenvalue weighted by molar-refractivity contribution is 6.80. The van der Waals surface area contributed by atoms with E-state index in [0.29, 0.717) is 0 Å². The highest BCUT2D eigenvalue weighted by Gasteiger charge is 2.26. The number of nitrogens with zero attached hydrogens (tertiary/aromatic N) is 3. The van der Waals surface area contributed by atoms with Crippen LogP contribution >= 0.6 is 0 Å². The van der Waals surface area contributed by atoms with Crippen LogP contribution in [0.15, 0.2) is 219 Å². The molecule has 7 aromatic carbocycles. The first-order valence-electron chi connectivity index (χ1n) is 17.5. The third-order valence-electron chi connectivity index (χ3n) is 9.04. The smallest absolute Gasteiger partial charge is 0.426 e. The maximum Gasteiger partial charge on any atom is 0.426 e. The van der Waals surface area contributed by atoms with Crippen molar-refractivity contribution >= 4 is 52.0 Å². The fourth-order valence-electron chi connectivity index (χ4n) is 6.56. The number of hydrogen-bond donors (Lipinski definition) is 0. The molecule has 0 radical (unpaired) electrons. The molecule has 8 rings (SSSR count). The number of hydrogen-bond acceptors (Lipinski definition) is 4. The molecule has 1 heterocycles. The predicted octanol–water partition coefficient (Wildman–Crippen LogP) is 10.9. The molecule has 1 aromatic heterocycles. The van der Waals surface area contributed by atoms with E-state index < -0.39 is 6.92 Å². The third kappa shape index (κ3) is 7.07. The second-order valence-corrected chi connectivity index (χ2v) is 12.4. The van der Waals surface area contributed by atoms with Crippen molar-refractivity contribution in [2.75, 3.05) is 9.80 Å². The number of aromatic nitrogens is 1. The van der Waals surface area contributed by atoms with E-state index in [9.17, 15) is 0 Å². The van der Waals surface area contributed by atoms with E-state index in [2.05, 4.69) is 166 Å². The van der Waals surface area contributed by atoms with Gasteiger partial charge in [-0.1, -0.05) is 115 Å². The maximum absolute atomic E-state index is 7.04. The Labute approximate surface area is 306 Å². The van der Waals surface area contributed by atoms with Gasteiger partial charge in [-0.3, -0.25) is 4.98 Å². The lowest BCUT2D eigenvalue weighted by molar-refractivity contribution is 0.593. The molecule has 0 N–H and O–H groups in total. The molecule has 5 heteroatoms. The van der Waals surface area contributed by atoms with Crippen molar-refractivity contribution in [3.63, 3.8) is 0 Å². The Kier molecular flexibility index (Phi) is 9.56. The Bertz CT molecular complexity index is 2100. The zero-order chi connectivity index (χ0) is 35.0. The van der Waals surface area contributed by atoms with E-state index in [1.165, 1.54) is 0 Å². The fraction of sp³-hybridized carbons (Fsp3) is 0. The molecule has 0 aliphatic heterocycles. The fourth-order valence-corrected chi connectivity index (χ4v) is 6.56. The first-order chi connectivity index (χ1) is 25.8. The third-order valence-corrected chi connectivity index (χ3v) is 9.04. The summed E-state index contributed by atoms with van der Waals surface area (Å²) in [5.74, 6) is 0.768. The summed E-state index contributed by atoms with van der Waals surface area (Å²) in [7, 11) is 0. The lowest BCUT2D eigenvalue weighted by Crippen LogP contribution is -2.47. The second-order valence-electron chi connectivity index (χ2n) is 12.4. The Morgan fingerprint density at radius 3 is 1.12 bits per heavy atom. The topological polar surface area (TPSA) is 28.6 Å². The molecule has 4 nitrogen and oxygen atoms in total. The van der Waals surface area contributed by atoms with Gasteiger partial charge in [-0.15, -0.1) is 0 Å². The van der Waals surface area contributed by atoms with Crippen LogP contribution in [0.3, 0.4) is 0 Å². The molecular formula is C47H36BN3O. The Hall–Kier alpha value is -6.85. The predicted molar refractivity (Wildman–Crippen MR) is 218 cm³/mol. The van der Waals surface area contributed by atoms with E-state index in [4.69, 9.17) is 4.65 Å². The summed E-state index contributed by atoms with van der Waals surface area (Å²) >= 11 is 0. The molecule has 0 aliphatic carbocycles. The average molecular weight is 670 g/mol. The van der Waals surface area contributed by atoms with Gasteiger partial charge in [0.2, 0.25) is 0 Å². The van der Waals surface area contributed by atoms with Crippen molar-refractivity contribution in [3.05, 3.63) is 219 Å². The molecule has 0 spiro atoms. The number of benzene rings is 7. The van der Waals surface area contributed by atoms with Gasteiger partial charge in [0.05, 0.1) is 5.69 Å². The summed E-state index contributed by atoms with van der Waals surface area (Å²) in [6.07, 6.45) is 1.82. The Balaban J connectivity index is 1.20. The summed E-state index contributed by atoms with van der Waals surface area (Å²) in [5, 5.41) is 0. The van der Waals surface area contributed by atoms with Gasteiger partial charge in [-0.05, 0) is 108 Å². The van der Waals surface area contributed by atoms with Crippen molar-refractivity contribution in [3.8, 4) is 17.0 Å². The van der Waals surface area contributed by atoms with Gasteiger partial charge < -0.3 is 14.5 Å². The highest BCUT2D eigenvalue weighted by atomic mass is 16.4. The summed E-state index contributed by atoms with van der Waals surface area (Å²) in [6.45, 7) is -0.392. The summed E-state index contributed by atoms with van der Waals surface area (Å²) in [5.41, 5.74) is 10.4. The van der Waals surface area contributed by atoms with Gasteiger partial charge in [0.1, 0.15) is 5.75 Å². The van der Waals surface area contributed by atoms with Crippen molar-refractivity contribution in [1.29, 1.82) is 0 Å². The van der Waals surface area contributed by atoms with Crippen molar-refractivity contribution < 1.29 is 4.65 Å². The van der Waals surface area contributed by atoms with E-state index >= 15 is 0 Å². The number of pyridine rings is 1. The molecule has 0 unspecified atom stereocenters. The van der Waals surface area contributed by atoms with Gasteiger partial charge in [0.25, 0.3) is 0 Å². The molecule has 0 saturated carbocycles. The monoisotopic (exact) mass is 669 g/mol. The molecule has 0 bridgehead atoms. The van der Waals surface area contributed by atoms with Gasteiger partial charge in [0.15, 0.2) is 0 Å². The van der Waals surface area contributed by atoms with Crippen LogP contribution in [-0.4, -0.2) is 11.9 Å². The molecule has 8 aromatic rings. The largest absolute Gasteiger partial charge is 0.551 e. The zero-order valence-electron chi connectivity index (χ0n) is 28.6.